The molecule has 1 heterocycles. The summed E-state index contributed by atoms with van der Waals surface area (Å²) in [4.78, 5) is 34.2. The van der Waals surface area contributed by atoms with Gasteiger partial charge >= 0.3 is 0 Å². The zero-order valence-electron chi connectivity index (χ0n) is 11.9. The van der Waals surface area contributed by atoms with E-state index in [0.717, 1.165) is 0 Å². The summed E-state index contributed by atoms with van der Waals surface area (Å²) in [6.07, 6.45) is -0.583. The normalized spacial score (nSPS) is 14.4. The predicted molar refractivity (Wildman–Crippen MR) is 72.6 cm³/mol. The van der Waals surface area contributed by atoms with Crippen LogP contribution in [0.1, 0.15) is 12.8 Å². The Kier molecular flexibility index (Phi) is 4.81. The van der Waals surface area contributed by atoms with Gasteiger partial charge in [-0.25, -0.2) is 17.6 Å². The molecule has 3 N–H and O–H groups in total. The van der Waals surface area contributed by atoms with Crippen molar-refractivity contribution < 1.29 is 31.9 Å². The third kappa shape index (κ3) is 3.34. The van der Waals surface area contributed by atoms with E-state index >= 15 is 0 Å². The average molecular weight is 346 g/mol. The van der Waals surface area contributed by atoms with Gasteiger partial charge in [-0.05, 0) is 0 Å². The van der Waals surface area contributed by atoms with E-state index in [2.05, 4.69) is 10.4 Å². The number of hydrazone groups is 1. The smallest absolute Gasteiger partial charge is 0.267 e. The Labute approximate surface area is 132 Å². The first kappa shape index (κ1) is 17.4. The molecule has 0 fully saturated rings. The number of rotatable bonds is 4. The summed E-state index contributed by atoms with van der Waals surface area (Å²) in [5.74, 6) is -9.84. The van der Waals surface area contributed by atoms with Gasteiger partial charge in [0.15, 0.2) is 23.3 Å². The topological polar surface area (TPSA) is 105 Å². The van der Waals surface area contributed by atoms with Crippen LogP contribution < -0.4 is 16.1 Å². The van der Waals surface area contributed by atoms with Gasteiger partial charge in [0.2, 0.25) is 11.8 Å². The number of nitrogens with one attached hydrogen (secondary N) is 1. The Hall–Kier alpha value is -2.98. The first-order chi connectivity index (χ1) is 11.2. The van der Waals surface area contributed by atoms with Crippen LogP contribution in [0.2, 0.25) is 0 Å². The maximum Gasteiger partial charge on any atom is 0.267 e. The standard InChI is InChI=1S/C13H10F4N4O3/c14-5-3-6(15)11(17)12(10(5)16)21-9(23)2-1-7(20-21)13(24)19-4-8(18)22/h3H,1-2,4H2,(H2,18,22)(H,19,24). The van der Waals surface area contributed by atoms with Gasteiger partial charge < -0.3 is 11.1 Å². The van der Waals surface area contributed by atoms with E-state index in [-0.39, 0.29) is 29.6 Å². The van der Waals surface area contributed by atoms with Crippen molar-refractivity contribution in [2.45, 2.75) is 12.8 Å². The van der Waals surface area contributed by atoms with Crippen molar-refractivity contribution in [2.24, 2.45) is 10.8 Å². The van der Waals surface area contributed by atoms with Gasteiger partial charge in [0.05, 0.1) is 6.54 Å². The SMILES string of the molecule is NC(=O)CNC(=O)C1=NN(c2c(F)c(F)cc(F)c2F)C(=O)CC1. The minimum Gasteiger partial charge on any atom is -0.368 e. The molecule has 128 valence electrons. The van der Waals surface area contributed by atoms with Gasteiger partial charge in [-0.15, -0.1) is 0 Å². The van der Waals surface area contributed by atoms with Crippen LogP contribution >= 0.6 is 0 Å². The molecule has 1 aromatic carbocycles. The zero-order chi connectivity index (χ0) is 18.0. The van der Waals surface area contributed by atoms with Crippen molar-refractivity contribution in [3.8, 4) is 0 Å². The van der Waals surface area contributed by atoms with Crippen LogP contribution in [-0.2, 0) is 14.4 Å². The summed E-state index contributed by atoms with van der Waals surface area (Å²) in [7, 11) is 0. The molecule has 2 rings (SSSR count). The van der Waals surface area contributed by atoms with Crippen molar-refractivity contribution in [1.82, 2.24) is 5.32 Å². The van der Waals surface area contributed by atoms with Gasteiger partial charge in [-0.1, -0.05) is 0 Å². The monoisotopic (exact) mass is 346 g/mol. The van der Waals surface area contributed by atoms with Gasteiger partial charge in [0, 0.05) is 18.9 Å². The third-order valence-electron chi connectivity index (χ3n) is 3.02. The molecule has 0 spiro atoms. The maximum atomic E-state index is 13.8. The number of carbonyl (C=O) groups is 3. The van der Waals surface area contributed by atoms with E-state index in [9.17, 15) is 31.9 Å². The highest BCUT2D eigenvalue weighted by Crippen LogP contribution is 2.30. The molecule has 0 radical (unpaired) electrons. The Bertz CT molecular complexity index is 740. The Morgan fingerprint density at radius 3 is 2.29 bits per heavy atom. The number of anilines is 1. The fourth-order valence-electron chi connectivity index (χ4n) is 1.91. The lowest BCUT2D eigenvalue weighted by atomic mass is 10.1. The van der Waals surface area contributed by atoms with E-state index in [0.29, 0.717) is 0 Å². The summed E-state index contributed by atoms with van der Waals surface area (Å²) >= 11 is 0. The zero-order valence-corrected chi connectivity index (χ0v) is 11.9. The molecule has 1 aliphatic rings. The highest BCUT2D eigenvalue weighted by Gasteiger charge is 2.32. The Morgan fingerprint density at radius 2 is 1.75 bits per heavy atom. The number of halogens is 4. The van der Waals surface area contributed by atoms with Crippen molar-refractivity contribution in [3.63, 3.8) is 0 Å². The van der Waals surface area contributed by atoms with E-state index in [1.807, 2.05) is 0 Å². The van der Waals surface area contributed by atoms with Gasteiger partial charge in [-0.3, -0.25) is 14.4 Å². The Balaban J connectivity index is 2.42. The van der Waals surface area contributed by atoms with Gasteiger partial charge in [-0.2, -0.15) is 10.1 Å². The van der Waals surface area contributed by atoms with Crippen LogP contribution in [0.4, 0.5) is 23.2 Å². The molecule has 24 heavy (non-hydrogen) atoms. The number of hydrogen-bond donors (Lipinski definition) is 2. The molecule has 0 aromatic heterocycles. The summed E-state index contributed by atoms with van der Waals surface area (Å²) < 4.78 is 54.1. The number of nitrogens with two attached hydrogens (primary N) is 1. The number of nitrogens with zero attached hydrogens (tertiary/aromatic N) is 2. The molecule has 1 aliphatic heterocycles. The summed E-state index contributed by atoms with van der Waals surface area (Å²) in [5.41, 5.74) is 3.12. The largest absolute Gasteiger partial charge is 0.368 e. The number of amides is 3. The van der Waals surface area contributed by atoms with Crippen molar-refractivity contribution in [2.75, 3.05) is 11.6 Å². The fourth-order valence-corrected chi connectivity index (χ4v) is 1.91. The minimum atomic E-state index is -1.83. The lowest BCUT2D eigenvalue weighted by molar-refractivity contribution is -0.121. The highest BCUT2D eigenvalue weighted by atomic mass is 19.2. The number of primary amides is 1. The molecule has 3 amide bonds. The van der Waals surface area contributed by atoms with Gasteiger partial charge in [0.25, 0.3) is 5.91 Å². The number of hydrogen-bond acceptors (Lipinski definition) is 4. The molecule has 1 aromatic rings. The van der Waals surface area contributed by atoms with Gasteiger partial charge in [0.1, 0.15) is 11.4 Å². The van der Waals surface area contributed by atoms with E-state index < -0.39 is 53.2 Å². The van der Waals surface area contributed by atoms with E-state index in [1.165, 1.54) is 0 Å². The molecule has 0 aliphatic carbocycles. The second kappa shape index (κ2) is 6.64. The quantitative estimate of drug-likeness (QED) is 0.606. The van der Waals surface area contributed by atoms with Crippen LogP contribution in [0, 0.1) is 23.3 Å². The lowest BCUT2D eigenvalue weighted by Crippen LogP contribution is -2.42. The van der Waals surface area contributed by atoms with Crippen LogP contribution in [0.15, 0.2) is 11.2 Å². The average Bonchev–Trinajstić information content (AvgIpc) is 2.52. The summed E-state index contributed by atoms with van der Waals surface area (Å²) in [6.45, 7) is -0.525. The first-order valence-electron chi connectivity index (χ1n) is 6.52. The van der Waals surface area contributed by atoms with E-state index in [1.54, 1.807) is 0 Å². The third-order valence-corrected chi connectivity index (χ3v) is 3.02. The van der Waals surface area contributed by atoms with Crippen LogP contribution in [0.3, 0.4) is 0 Å². The summed E-state index contributed by atoms with van der Waals surface area (Å²) in [5, 5.41) is 5.59. The lowest BCUT2D eigenvalue weighted by Gasteiger charge is -2.24. The first-order valence-corrected chi connectivity index (χ1v) is 6.52. The molecule has 0 saturated heterocycles. The fraction of sp³-hybridized carbons (Fsp3) is 0.231. The molecule has 0 saturated carbocycles. The van der Waals surface area contributed by atoms with Crippen LogP contribution in [0.25, 0.3) is 0 Å². The highest BCUT2D eigenvalue weighted by molar-refractivity contribution is 6.40. The van der Waals surface area contributed by atoms with Crippen molar-refractivity contribution in [1.29, 1.82) is 0 Å². The molecule has 0 bridgehead atoms. The van der Waals surface area contributed by atoms with E-state index in [4.69, 9.17) is 5.73 Å². The second-order valence-corrected chi connectivity index (χ2v) is 4.72. The number of benzene rings is 1. The molecule has 7 nitrogen and oxygen atoms in total. The number of carbonyl (C=O) groups excluding carboxylic acids is 3. The second-order valence-electron chi connectivity index (χ2n) is 4.72. The molecule has 11 heteroatoms. The minimum absolute atomic E-state index is 0.0210. The maximum absolute atomic E-state index is 13.8. The molecular formula is C13H10F4N4O3. The molecule has 0 atom stereocenters. The molecule has 0 unspecified atom stereocenters. The molecular weight excluding hydrogens is 336 g/mol. The van der Waals surface area contributed by atoms with Crippen molar-refractivity contribution in [3.05, 3.63) is 29.3 Å². The van der Waals surface area contributed by atoms with Crippen LogP contribution in [-0.4, -0.2) is 30.0 Å². The van der Waals surface area contributed by atoms with Crippen LogP contribution in [0.5, 0.6) is 0 Å². The predicted octanol–water partition coefficient (Wildman–Crippen LogP) is 0.327. The van der Waals surface area contributed by atoms with Crippen molar-refractivity contribution >= 4 is 29.1 Å². The summed E-state index contributed by atoms with van der Waals surface area (Å²) in [6, 6.07) is -0.0210. The Morgan fingerprint density at radius 1 is 1.17 bits per heavy atom.